The normalized spacial score (nSPS) is 17.7. The predicted molar refractivity (Wildman–Crippen MR) is 145 cm³/mol. The van der Waals surface area contributed by atoms with Gasteiger partial charge in [-0.2, -0.15) is 0 Å². The standard InChI is InChI=1S/C29H27ClF2N4O3/c1-28(2)27(37)29(34-13-16-6-4-10-38-16,35-14-17-7-5-11-39-17)24-22(36-28)12-21(31)23(25(24)32)19-9-3-8-18-20(30)15-33-26(18)19/h3-12,15,27,33-37H,13-14H2,1-2H3. The Morgan fingerprint density at radius 1 is 1.00 bits per heavy atom. The number of aromatic amines is 1. The number of nitrogens with one attached hydrogen (secondary N) is 4. The van der Waals surface area contributed by atoms with E-state index in [-0.39, 0.29) is 29.9 Å². The molecule has 0 fully saturated rings. The first kappa shape index (κ1) is 25.6. The number of halogens is 3. The van der Waals surface area contributed by atoms with E-state index in [2.05, 4.69) is 20.9 Å². The Kier molecular flexibility index (Phi) is 6.27. The molecule has 0 amide bonds. The summed E-state index contributed by atoms with van der Waals surface area (Å²) in [5, 5.41) is 22.7. The Morgan fingerprint density at radius 3 is 2.28 bits per heavy atom. The number of H-pyrrole nitrogens is 1. The smallest absolute Gasteiger partial charge is 0.142 e. The SMILES string of the molecule is CC1(C)Nc2cc(F)c(-c3cccc4c(Cl)c[nH]c34)c(F)c2C(NCc2ccco2)(NCc2ccco2)C1O. The molecule has 10 heteroatoms. The fourth-order valence-corrected chi connectivity index (χ4v) is 5.70. The molecule has 0 spiro atoms. The molecule has 0 saturated heterocycles. The minimum absolute atomic E-state index is 0.0403. The van der Waals surface area contributed by atoms with E-state index in [1.54, 1.807) is 62.5 Å². The Bertz CT molecular complexity index is 1590. The molecule has 1 aliphatic heterocycles. The minimum Gasteiger partial charge on any atom is -0.468 e. The van der Waals surface area contributed by atoms with Crippen LogP contribution in [0.25, 0.3) is 22.0 Å². The third kappa shape index (κ3) is 4.22. The zero-order chi connectivity index (χ0) is 27.4. The van der Waals surface area contributed by atoms with E-state index in [0.29, 0.717) is 33.0 Å². The number of hydrogen-bond donors (Lipinski definition) is 5. The average molecular weight is 553 g/mol. The van der Waals surface area contributed by atoms with Gasteiger partial charge in [0.15, 0.2) is 0 Å². The van der Waals surface area contributed by atoms with Crippen molar-refractivity contribution in [2.24, 2.45) is 0 Å². The molecule has 0 aliphatic carbocycles. The van der Waals surface area contributed by atoms with Gasteiger partial charge < -0.3 is 24.2 Å². The summed E-state index contributed by atoms with van der Waals surface area (Å²) >= 11 is 6.30. The summed E-state index contributed by atoms with van der Waals surface area (Å²) < 4.78 is 43.8. The van der Waals surface area contributed by atoms with Crippen molar-refractivity contribution in [2.45, 2.75) is 44.2 Å². The van der Waals surface area contributed by atoms with E-state index in [1.165, 1.54) is 18.6 Å². The lowest BCUT2D eigenvalue weighted by Gasteiger charge is -2.52. The molecule has 5 N–H and O–H groups in total. The van der Waals surface area contributed by atoms with Crippen molar-refractivity contribution < 1.29 is 22.7 Å². The lowest BCUT2D eigenvalue weighted by Crippen LogP contribution is -2.70. The van der Waals surface area contributed by atoms with Gasteiger partial charge >= 0.3 is 0 Å². The first-order valence-electron chi connectivity index (χ1n) is 12.5. The number of anilines is 1. The van der Waals surface area contributed by atoms with Crippen LogP contribution in [-0.4, -0.2) is 21.7 Å². The summed E-state index contributed by atoms with van der Waals surface area (Å²) in [5.74, 6) is -0.431. The third-order valence-corrected chi connectivity index (χ3v) is 7.65. The zero-order valence-electron chi connectivity index (χ0n) is 21.2. The number of rotatable bonds is 7. The Labute approximate surface area is 228 Å². The number of aliphatic hydroxyl groups excluding tert-OH is 1. The molecule has 1 atom stereocenters. The van der Waals surface area contributed by atoms with Crippen LogP contribution < -0.4 is 16.0 Å². The van der Waals surface area contributed by atoms with E-state index in [1.807, 2.05) is 0 Å². The third-order valence-electron chi connectivity index (χ3n) is 7.34. The van der Waals surface area contributed by atoms with Gasteiger partial charge in [-0.1, -0.05) is 29.8 Å². The van der Waals surface area contributed by atoms with Crippen LogP contribution in [0.15, 0.2) is 76.1 Å². The second-order valence-corrected chi connectivity index (χ2v) is 10.7. The van der Waals surface area contributed by atoms with Crippen molar-refractivity contribution in [3.8, 4) is 11.1 Å². The number of aromatic nitrogens is 1. The number of hydrogen-bond acceptors (Lipinski definition) is 6. The second kappa shape index (κ2) is 9.53. The number of benzene rings is 2. The molecule has 3 aromatic heterocycles. The van der Waals surface area contributed by atoms with Crippen molar-refractivity contribution in [3.05, 3.63) is 101 Å². The number of fused-ring (bicyclic) bond motifs is 2. The van der Waals surface area contributed by atoms with Gasteiger partial charge in [0.25, 0.3) is 0 Å². The van der Waals surface area contributed by atoms with E-state index in [0.717, 1.165) is 0 Å². The highest BCUT2D eigenvalue weighted by atomic mass is 35.5. The van der Waals surface area contributed by atoms with Crippen LogP contribution in [0.4, 0.5) is 14.5 Å². The van der Waals surface area contributed by atoms with Crippen molar-refractivity contribution in [1.29, 1.82) is 0 Å². The van der Waals surface area contributed by atoms with Gasteiger partial charge in [-0.05, 0) is 44.2 Å². The average Bonchev–Trinajstić information content (AvgIpc) is 3.67. The first-order valence-corrected chi connectivity index (χ1v) is 12.9. The van der Waals surface area contributed by atoms with E-state index < -0.39 is 28.9 Å². The molecule has 6 rings (SSSR count). The quantitative estimate of drug-likeness (QED) is 0.153. The Hall–Kier alpha value is -3.63. The molecule has 5 aromatic rings. The highest BCUT2D eigenvalue weighted by molar-refractivity contribution is 6.36. The van der Waals surface area contributed by atoms with Crippen molar-refractivity contribution in [1.82, 2.24) is 15.6 Å². The maximum absolute atomic E-state index is 16.9. The Balaban J connectivity index is 1.58. The number of para-hydroxylation sites is 1. The molecular weight excluding hydrogens is 526 g/mol. The highest BCUT2D eigenvalue weighted by Gasteiger charge is 2.54. The zero-order valence-corrected chi connectivity index (χ0v) is 22.0. The molecule has 2 aromatic carbocycles. The van der Waals surface area contributed by atoms with Crippen LogP contribution >= 0.6 is 11.6 Å². The monoisotopic (exact) mass is 552 g/mol. The molecular formula is C29H27ClF2N4O3. The largest absolute Gasteiger partial charge is 0.468 e. The summed E-state index contributed by atoms with van der Waals surface area (Å²) in [6, 6.07) is 13.4. The summed E-state index contributed by atoms with van der Waals surface area (Å²) in [5.41, 5.74) is -1.76. The fraction of sp³-hybridized carbons (Fsp3) is 0.241. The van der Waals surface area contributed by atoms with Crippen LogP contribution in [0, 0.1) is 11.6 Å². The highest BCUT2D eigenvalue weighted by Crippen LogP contribution is 2.47. The lowest BCUT2D eigenvalue weighted by molar-refractivity contribution is -0.0180. The first-order chi connectivity index (χ1) is 18.7. The number of furan rings is 2. The molecule has 202 valence electrons. The van der Waals surface area contributed by atoms with Crippen LogP contribution in [-0.2, 0) is 18.8 Å². The molecule has 39 heavy (non-hydrogen) atoms. The maximum Gasteiger partial charge on any atom is 0.142 e. The van der Waals surface area contributed by atoms with Gasteiger partial charge in [-0.15, -0.1) is 0 Å². The molecule has 1 unspecified atom stereocenters. The maximum atomic E-state index is 16.9. The van der Waals surface area contributed by atoms with Gasteiger partial charge in [0.05, 0.1) is 47.3 Å². The molecule has 0 radical (unpaired) electrons. The topological polar surface area (TPSA) is 98.4 Å². The van der Waals surface area contributed by atoms with Gasteiger partial charge in [-0.3, -0.25) is 10.6 Å². The van der Waals surface area contributed by atoms with Gasteiger partial charge in [0, 0.05) is 28.4 Å². The summed E-state index contributed by atoms with van der Waals surface area (Å²) in [4.78, 5) is 3.03. The van der Waals surface area contributed by atoms with Gasteiger partial charge in [-0.25, -0.2) is 8.78 Å². The fourth-order valence-electron chi connectivity index (χ4n) is 5.48. The van der Waals surface area contributed by atoms with Gasteiger partial charge in [0.1, 0.15) is 34.9 Å². The van der Waals surface area contributed by atoms with E-state index >= 15 is 8.78 Å². The molecule has 0 saturated carbocycles. The molecule has 4 heterocycles. The molecule has 7 nitrogen and oxygen atoms in total. The predicted octanol–water partition coefficient (Wildman–Crippen LogP) is 6.25. The Morgan fingerprint density at radius 2 is 1.67 bits per heavy atom. The lowest BCUT2D eigenvalue weighted by atomic mass is 9.76. The minimum atomic E-state index is -1.59. The van der Waals surface area contributed by atoms with Crippen molar-refractivity contribution in [3.63, 3.8) is 0 Å². The summed E-state index contributed by atoms with van der Waals surface area (Å²) in [6.45, 7) is 3.84. The van der Waals surface area contributed by atoms with Crippen molar-refractivity contribution in [2.75, 3.05) is 5.32 Å². The molecule has 0 bridgehead atoms. The summed E-state index contributed by atoms with van der Waals surface area (Å²) in [7, 11) is 0. The molecule has 1 aliphatic rings. The van der Waals surface area contributed by atoms with Crippen LogP contribution in [0.2, 0.25) is 5.02 Å². The van der Waals surface area contributed by atoms with Crippen LogP contribution in [0.1, 0.15) is 30.9 Å². The van der Waals surface area contributed by atoms with Gasteiger partial charge in [0.2, 0.25) is 0 Å². The van der Waals surface area contributed by atoms with E-state index in [9.17, 15) is 5.11 Å². The van der Waals surface area contributed by atoms with Crippen LogP contribution in [0.5, 0.6) is 0 Å². The van der Waals surface area contributed by atoms with E-state index in [4.69, 9.17) is 20.4 Å². The van der Waals surface area contributed by atoms with Crippen LogP contribution in [0.3, 0.4) is 0 Å². The second-order valence-electron chi connectivity index (χ2n) is 10.3. The van der Waals surface area contributed by atoms with Crippen molar-refractivity contribution >= 4 is 28.2 Å². The summed E-state index contributed by atoms with van der Waals surface area (Å²) in [6.07, 6.45) is 3.42. The number of aliphatic hydroxyl groups is 1.